The molecule has 0 aromatic heterocycles. The molecular formula is C52H64HfSi. The Labute approximate surface area is 333 Å². The molecule has 0 spiro atoms. The summed E-state index contributed by atoms with van der Waals surface area (Å²) in [5.41, 5.74) is 20.4. The summed E-state index contributed by atoms with van der Waals surface area (Å²) in [6, 6.07) is 29.8. The molecule has 4 aromatic rings. The van der Waals surface area contributed by atoms with Crippen molar-refractivity contribution in [2.45, 2.75) is 145 Å². The standard InChI is InChI=1S/C50H58Si.2CH3.Hf/c1-33-27-37(49(3,4)5)23-25-43(33)45-21-13-15-35-29-41(31-47(35)45)51(39-17-9-10-18-39,40-19-11-12-20-40)42-30-36-16-14-22-46(48(36)32-42)44-26-24-38(28-34(44)2)50(6,7)8;;;/h13-16,21-32,39-40H,9-12,17-20H2,1-8H3;2*1H3;. The number of benzene rings is 4. The Kier molecular flexibility index (Phi) is 8.91. The molecule has 0 amide bonds. The molecule has 3 fully saturated rings. The minimum atomic E-state index is -3.22. The number of hydrogen-bond donors (Lipinski definition) is 0. The number of rotatable bonds is 4. The van der Waals surface area contributed by atoms with Gasteiger partial charge in [0, 0.05) is 0 Å². The van der Waals surface area contributed by atoms with Gasteiger partial charge in [0.2, 0.25) is 0 Å². The summed E-state index contributed by atoms with van der Waals surface area (Å²) in [7, 11) is -2.13. The van der Waals surface area contributed by atoms with Crippen LogP contribution in [-0.2, 0) is 30.8 Å². The van der Waals surface area contributed by atoms with Gasteiger partial charge in [-0.3, -0.25) is 0 Å². The van der Waals surface area contributed by atoms with Gasteiger partial charge in [-0.1, -0.05) is 0 Å². The first-order chi connectivity index (χ1) is 25.6. The maximum atomic E-state index is 2.92. The zero-order chi connectivity index (χ0) is 37.9. The number of aryl methyl sites for hydroxylation is 2. The van der Waals surface area contributed by atoms with Crippen molar-refractivity contribution in [3.05, 3.63) is 128 Å². The predicted molar refractivity (Wildman–Crippen MR) is 234 cm³/mol. The summed E-state index contributed by atoms with van der Waals surface area (Å²) in [5.74, 6) is 0. The van der Waals surface area contributed by atoms with E-state index in [0.29, 0.717) is 7.35 Å². The summed E-state index contributed by atoms with van der Waals surface area (Å²) < 4.78 is 7.17. The monoisotopic (exact) mass is 896 g/mol. The molecule has 0 bridgehead atoms. The second kappa shape index (κ2) is 13.0. The van der Waals surface area contributed by atoms with Gasteiger partial charge in [-0.15, -0.1) is 0 Å². The van der Waals surface area contributed by atoms with Crippen LogP contribution < -0.4 is 0 Å². The molecule has 1 heterocycles. The third-order valence-corrected chi connectivity index (χ3v) is 39.1. The summed E-state index contributed by atoms with van der Waals surface area (Å²) in [5, 5.41) is 4.06. The fourth-order valence-electron chi connectivity index (χ4n) is 12.8. The van der Waals surface area contributed by atoms with Gasteiger partial charge in [-0.25, -0.2) is 0 Å². The zero-order valence-electron chi connectivity index (χ0n) is 35.0. The summed E-state index contributed by atoms with van der Waals surface area (Å²) in [6.45, 7) is 18.8. The van der Waals surface area contributed by atoms with Crippen LogP contribution in [0.5, 0.6) is 0 Å². The zero-order valence-corrected chi connectivity index (χ0v) is 39.6. The van der Waals surface area contributed by atoms with Gasteiger partial charge in [-0.2, -0.15) is 0 Å². The Balaban J connectivity index is 1.29. The van der Waals surface area contributed by atoms with Crippen LogP contribution in [0.25, 0.3) is 34.4 Å². The average molecular weight is 896 g/mol. The predicted octanol–water partition coefficient (Wildman–Crippen LogP) is 15.5. The van der Waals surface area contributed by atoms with Gasteiger partial charge in [0.1, 0.15) is 0 Å². The molecule has 0 nitrogen and oxygen atoms in total. The van der Waals surface area contributed by atoms with Crippen molar-refractivity contribution >= 4 is 20.2 Å². The van der Waals surface area contributed by atoms with Gasteiger partial charge >= 0.3 is 336 Å². The average Bonchev–Trinajstić information content (AvgIpc) is 3.94. The quantitative estimate of drug-likeness (QED) is 0.179. The number of hydrogen-bond acceptors (Lipinski definition) is 0. The molecule has 54 heavy (non-hydrogen) atoms. The van der Waals surface area contributed by atoms with Crippen LogP contribution in [0, 0.1) is 13.8 Å². The molecule has 9 rings (SSSR count). The van der Waals surface area contributed by atoms with E-state index in [1.54, 1.807) is 22.3 Å². The van der Waals surface area contributed by atoms with Crippen LogP contribution in [0.2, 0.25) is 20.4 Å². The van der Waals surface area contributed by atoms with E-state index in [0.717, 1.165) is 11.1 Å². The molecule has 280 valence electrons. The fourth-order valence-corrected chi connectivity index (χ4v) is 46.7. The normalized spacial score (nSPS) is 23.1. The summed E-state index contributed by atoms with van der Waals surface area (Å²) >= 11 is -3.22. The van der Waals surface area contributed by atoms with E-state index in [2.05, 4.69) is 150 Å². The van der Waals surface area contributed by atoms with E-state index in [1.165, 1.54) is 95.9 Å². The second-order valence-electron chi connectivity index (χ2n) is 20.9. The van der Waals surface area contributed by atoms with Crippen molar-refractivity contribution in [2.24, 2.45) is 0 Å². The van der Waals surface area contributed by atoms with Crippen LogP contribution in [-0.4, -0.2) is 8.07 Å². The molecular weight excluding hydrogens is 831 g/mol. The van der Waals surface area contributed by atoms with E-state index in [9.17, 15) is 0 Å². The SMILES string of the molecule is Cc1cc(C(C)(C)C)ccc1-c1cccc2c1C=C1[CH]2[Hf]([CH3])([CH3])[CH]2C(=Cc3c(-c4ccc(C(C)(C)C)cc4C)cccc32)[Si]1(C1CCCC1)C1CCCC1. The van der Waals surface area contributed by atoms with E-state index < -0.39 is 28.0 Å². The van der Waals surface area contributed by atoms with Crippen molar-refractivity contribution in [1.82, 2.24) is 0 Å². The Morgan fingerprint density at radius 2 is 0.907 bits per heavy atom. The van der Waals surface area contributed by atoms with Crippen LogP contribution >= 0.6 is 0 Å². The Bertz CT molecular complexity index is 2060. The second-order valence-corrected chi connectivity index (χ2v) is 42.7. The van der Waals surface area contributed by atoms with Crippen LogP contribution in [0.4, 0.5) is 0 Å². The molecule has 0 radical (unpaired) electrons. The number of allylic oxidation sites excluding steroid dienone is 2. The topological polar surface area (TPSA) is 0 Å². The molecule has 2 atom stereocenters. The van der Waals surface area contributed by atoms with E-state index in [4.69, 9.17) is 0 Å². The van der Waals surface area contributed by atoms with E-state index in [1.807, 2.05) is 10.4 Å². The van der Waals surface area contributed by atoms with Crippen molar-refractivity contribution in [3.63, 3.8) is 0 Å². The van der Waals surface area contributed by atoms with Gasteiger partial charge in [0.15, 0.2) is 0 Å². The Morgan fingerprint density at radius 1 is 0.519 bits per heavy atom. The van der Waals surface area contributed by atoms with Crippen molar-refractivity contribution < 1.29 is 20.0 Å². The van der Waals surface area contributed by atoms with Crippen LogP contribution in [0.1, 0.15) is 145 Å². The van der Waals surface area contributed by atoms with E-state index in [-0.39, 0.29) is 10.8 Å². The molecule has 4 aliphatic carbocycles. The molecule has 1 saturated heterocycles. The van der Waals surface area contributed by atoms with Gasteiger partial charge in [0.05, 0.1) is 0 Å². The maximum absolute atomic E-state index is 3.22. The third kappa shape index (κ3) is 5.49. The molecule has 4 aromatic carbocycles. The fraction of sp³-hybridized carbons (Fsp3) is 0.462. The molecule has 5 aliphatic rings. The van der Waals surface area contributed by atoms with Gasteiger partial charge in [0.25, 0.3) is 0 Å². The summed E-state index contributed by atoms with van der Waals surface area (Å²) in [4.78, 5) is 0. The first-order valence-electron chi connectivity index (χ1n) is 21.6. The molecule has 1 aliphatic heterocycles. The molecule has 2 heteroatoms. The van der Waals surface area contributed by atoms with Crippen LogP contribution in [0.3, 0.4) is 0 Å². The Hall–Kier alpha value is -2.55. The minimum absolute atomic E-state index is 0.155. The van der Waals surface area contributed by atoms with Crippen molar-refractivity contribution in [2.75, 3.05) is 0 Å². The van der Waals surface area contributed by atoms with Crippen molar-refractivity contribution in [1.29, 1.82) is 0 Å². The first-order valence-corrected chi connectivity index (χ1v) is 35.0. The molecule has 2 unspecified atom stereocenters. The summed E-state index contributed by atoms with van der Waals surface area (Å²) in [6.07, 6.45) is 17.4. The molecule has 0 N–H and O–H groups in total. The Morgan fingerprint density at radius 3 is 1.26 bits per heavy atom. The first kappa shape index (κ1) is 37.0. The van der Waals surface area contributed by atoms with E-state index >= 15 is 0 Å². The molecule has 2 saturated carbocycles. The number of fused-ring (bicyclic) bond motifs is 6. The third-order valence-electron chi connectivity index (χ3n) is 15.3. The van der Waals surface area contributed by atoms with Gasteiger partial charge < -0.3 is 0 Å². The van der Waals surface area contributed by atoms with Gasteiger partial charge in [-0.05, 0) is 0 Å². The van der Waals surface area contributed by atoms with Crippen LogP contribution in [0.15, 0.2) is 83.2 Å². The van der Waals surface area contributed by atoms with Crippen molar-refractivity contribution in [3.8, 4) is 22.3 Å².